The molecule has 2 N–H and O–H groups in total. The number of para-hydroxylation sites is 1. The zero-order valence-corrected chi connectivity index (χ0v) is 14.0. The number of ether oxygens (including phenoxy) is 1. The van der Waals surface area contributed by atoms with Crippen molar-refractivity contribution in [1.82, 2.24) is 10.0 Å². The zero-order chi connectivity index (χ0) is 17.2. The maximum atomic E-state index is 12.3. The van der Waals surface area contributed by atoms with Crippen LogP contribution in [0.15, 0.2) is 53.4 Å². The minimum atomic E-state index is -3.58. The van der Waals surface area contributed by atoms with Crippen molar-refractivity contribution in [3.05, 3.63) is 59.7 Å². The number of carbonyl (C=O) groups excluding carboxylic acids is 1. The summed E-state index contributed by atoms with van der Waals surface area (Å²) in [6.07, 6.45) is 0.625. The molecule has 6 nitrogen and oxygen atoms in total. The Bertz CT molecular complexity index is 839. The second-order valence-electron chi connectivity index (χ2n) is 5.50. The van der Waals surface area contributed by atoms with Gasteiger partial charge in [0, 0.05) is 12.0 Å². The van der Waals surface area contributed by atoms with Gasteiger partial charge in [0.05, 0.1) is 11.4 Å². The topological polar surface area (TPSA) is 84.5 Å². The summed E-state index contributed by atoms with van der Waals surface area (Å²) in [5, 5.41) is 2.79. The molecule has 0 saturated carbocycles. The Morgan fingerprint density at radius 2 is 2.00 bits per heavy atom. The fraction of sp³-hybridized carbons (Fsp3) is 0.235. The van der Waals surface area contributed by atoms with Crippen LogP contribution in [0, 0.1) is 0 Å². The molecular weight excluding hydrogens is 328 g/mol. The number of amides is 1. The monoisotopic (exact) mass is 346 g/mol. The van der Waals surface area contributed by atoms with Crippen molar-refractivity contribution in [3.63, 3.8) is 0 Å². The predicted molar refractivity (Wildman–Crippen MR) is 89.6 cm³/mol. The van der Waals surface area contributed by atoms with Crippen molar-refractivity contribution in [1.29, 1.82) is 0 Å². The number of benzene rings is 2. The lowest BCUT2D eigenvalue weighted by molar-refractivity contribution is 0.0933. The van der Waals surface area contributed by atoms with Crippen LogP contribution in [0.1, 0.15) is 15.9 Å². The largest absolute Gasteiger partial charge is 0.488 e. The van der Waals surface area contributed by atoms with Crippen LogP contribution in [0.25, 0.3) is 0 Å². The zero-order valence-electron chi connectivity index (χ0n) is 13.2. The van der Waals surface area contributed by atoms with E-state index in [9.17, 15) is 13.2 Å². The van der Waals surface area contributed by atoms with Crippen LogP contribution < -0.4 is 14.8 Å². The normalized spacial score (nSPS) is 16.3. The van der Waals surface area contributed by atoms with Crippen LogP contribution >= 0.6 is 0 Å². The minimum Gasteiger partial charge on any atom is -0.488 e. The van der Waals surface area contributed by atoms with E-state index in [1.807, 2.05) is 24.3 Å². The first-order valence-corrected chi connectivity index (χ1v) is 9.04. The maximum Gasteiger partial charge on any atom is 0.251 e. The van der Waals surface area contributed by atoms with Gasteiger partial charge in [-0.3, -0.25) is 4.79 Å². The molecule has 3 rings (SSSR count). The van der Waals surface area contributed by atoms with E-state index in [4.69, 9.17) is 4.74 Å². The minimum absolute atomic E-state index is 0.0576. The van der Waals surface area contributed by atoms with Crippen molar-refractivity contribution < 1.29 is 17.9 Å². The van der Waals surface area contributed by atoms with Crippen molar-refractivity contribution >= 4 is 15.9 Å². The van der Waals surface area contributed by atoms with Gasteiger partial charge in [-0.05, 0) is 36.9 Å². The van der Waals surface area contributed by atoms with Gasteiger partial charge in [0.1, 0.15) is 11.9 Å². The molecule has 1 aliphatic rings. The van der Waals surface area contributed by atoms with Gasteiger partial charge in [-0.25, -0.2) is 13.1 Å². The molecule has 1 amide bonds. The van der Waals surface area contributed by atoms with Crippen molar-refractivity contribution in [2.24, 2.45) is 0 Å². The summed E-state index contributed by atoms with van der Waals surface area (Å²) in [5.41, 5.74) is 1.42. The first kappa shape index (κ1) is 16.5. The van der Waals surface area contributed by atoms with Gasteiger partial charge in [-0.2, -0.15) is 0 Å². The van der Waals surface area contributed by atoms with Crippen LogP contribution in [0.2, 0.25) is 0 Å². The lowest BCUT2D eigenvalue weighted by atomic mass is 10.1. The van der Waals surface area contributed by atoms with Crippen molar-refractivity contribution in [3.8, 4) is 5.75 Å². The third-order valence-corrected chi connectivity index (χ3v) is 5.29. The van der Waals surface area contributed by atoms with Gasteiger partial charge < -0.3 is 10.1 Å². The first-order valence-electron chi connectivity index (χ1n) is 7.56. The van der Waals surface area contributed by atoms with Crippen molar-refractivity contribution in [2.75, 3.05) is 13.6 Å². The third-order valence-electron chi connectivity index (χ3n) is 3.88. The molecule has 1 atom stereocenters. The number of rotatable bonds is 5. The molecule has 0 aliphatic carbocycles. The molecule has 126 valence electrons. The molecule has 24 heavy (non-hydrogen) atoms. The average Bonchev–Trinajstić information content (AvgIpc) is 3.02. The van der Waals surface area contributed by atoms with Gasteiger partial charge >= 0.3 is 0 Å². The highest BCUT2D eigenvalue weighted by molar-refractivity contribution is 7.89. The fourth-order valence-electron chi connectivity index (χ4n) is 2.60. The molecule has 0 unspecified atom stereocenters. The van der Waals surface area contributed by atoms with Gasteiger partial charge in [0.2, 0.25) is 10.0 Å². The SMILES string of the molecule is CNS(=O)(=O)c1cccc(C(=O)NC[C@@H]2Cc3ccccc3O2)c1. The Hall–Kier alpha value is -2.38. The third kappa shape index (κ3) is 3.42. The molecule has 0 spiro atoms. The first-order chi connectivity index (χ1) is 11.5. The summed E-state index contributed by atoms with van der Waals surface area (Å²) in [6.45, 7) is 0.358. The van der Waals surface area contributed by atoms with Gasteiger partial charge in [-0.1, -0.05) is 24.3 Å². The summed E-state index contributed by atoms with van der Waals surface area (Å²) < 4.78 is 31.6. The molecule has 0 saturated heterocycles. The Morgan fingerprint density at radius 3 is 2.75 bits per heavy atom. The number of fused-ring (bicyclic) bond motifs is 1. The summed E-state index contributed by atoms with van der Waals surface area (Å²) >= 11 is 0. The van der Waals surface area contributed by atoms with Crippen molar-refractivity contribution in [2.45, 2.75) is 17.4 Å². The van der Waals surface area contributed by atoms with E-state index in [0.717, 1.165) is 17.7 Å². The van der Waals surface area contributed by atoms with E-state index in [1.165, 1.54) is 19.2 Å². The fourth-order valence-corrected chi connectivity index (χ4v) is 3.37. The Kier molecular flexibility index (Phi) is 4.55. The van der Waals surface area contributed by atoms with Crippen LogP contribution in [0.5, 0.6) is 5.75 Å². The number of sulfonamides is 1. The maximum absolute atomic E-state index is 12.3. The second-order valence-corrected chi connectivity index (χ2v) is 7.38. The molecular formula is C17H18N2O4S. The molecule has 1 heterocycles. The number of carbonyl (C=O) groups is 1. The summed E-state index contributed by atoms with van der Waals surface area (Å²) in [5.74, 6) is 0.515. The number of hydrogen-bond acceptors (Lipinski definition) is 4. The number of hydrogen-bond donors (Lipinski definition) is 2. The van der Waals surface area contributed by atoms with E-state index in [0.29, 0.717) is 12.1 Å². The van der Waals surface area contributed by atoms with E-state index < -0.39 is 10.0 Å². The number of nitrogens with one attached hydrogen (secondary N) is 2. The van der Waals surface area contributed by atoms with Gasteiger partial charge in [-0.15, -0.1) is 0 Å². The van der Waals surface area contributed by atoms with Crippen LogP contribution in [0.4, 0.5) is 0 Å². The quantitative estimate of drug-likeness (QED) is 0.855. The van der Waals surface area contributed by atoms with Crippen LogP contribution in [0.3, 0.4) is 0 Å². The van der Waals surface area contributed by atoms with Gasteiger partial charge in [0.15, 0.2) is 0 Å². The second kappa shape index (κ2) is 6.62. The molecule has 2 aromatic carbocycles. The lowest BCUT2D eigenvalue weighted by Crippen LogP contribution is -2.34. The molecule has 0 radical (unpaired) electrons. The summed E-state index contributed by atoms with van der Waals surface area (Å²) in [6, 6.07) is 13.7. The Balaban J connectivity index is 1.63. The van der Waals surface area contributed by atoms with Crippen LogP contribution in [-0.2, 0) is 16.4 Å². The highest BCUT2D eigenvalue weighted by atomic mass is 32.2. The molecule has 0 bridgehead atoms. The molecule has 2 aromatic rings. The van der Waals surface area contributed by atoms with Gasteiger partial charge in [0.25, 0.3) is 5.91 Å². The molecule has 0 aromatic heterocycles. The van der Waals surface area contributed by atoms with E-state index >= 15 is 0 Å². The average molecular weight is 346 g/mol. The lowest BCUT2D eigenvalue weighted by Gasteiger charge is -2.12. The summed E-state index contributed by atoms with van der Waals surface area (Å²) in [7, 11) is -2.25. The Labute approximate surface area is 140 Å². The standard InChI is InChI=1S/C17H18N2O4S/c1-18-24(21,22)15-7-4-6-13(10-15)17(20)19-11-14-9-12-5-2-3-8-16(12)23-14/h2-8,10,14,18H,9,11H2,1H3,(H,19,20)/t14-/m0/s1. The predicted octanol–water partition coefficient (Wildman–Crippen LogP) is 1.33. The highest BCUT2D eigenvalue weighted by Crippen LogP contribution is 2.27. The molecule has 1 aliphatic heterocycles. The van der Waals surface area contributed by atoms with Crippen LogP contribution in [-0.4, -0.2) is 34.0 Å². The molecule has 7 heteroatoms. The van der Waals surface area contributed by atoms with E-state index in [1.54, 1.807) is 12.1 Å². The van der Waals surface area contributed by atoms with E-state index in [2.05, 4.69) is 10.0 Å². The summed E-state index contributed by atoms with van der Waals surface area (Å²) in [4.78, 5) is 12.3. The highest BCUT2D eigenvalue weighted by Gasteiger charge is 2.23. The van der Waals surface area contributed by atoms with E-state index in [-0.39, 0.29) is 16.9 Å². The smallest absolute Gasteiger partial charge is 0.251 e. The Morgan fingerprint density at radius 1 is 1.21 bits per heavy atom. The molecule has 0 fully saturated rings.